The van der Waals surface area contributed by atoms with Crippen molar-refractivity contribution in [2.45, 2.75) is 6.92 Å². The summed E-state index contributed by atoms with van der Waals surface area (Å²) in [5.41, 5.74) is 0.581. The number of carbonyl (C=O) groups excluding carboxylic acids is 1. The summed E-state index contributed by atoms with van der Waals surface area (Å²) in [4.78, 5) is 15.8. The molecule has 88 valence electrons. The van der Waals surface area contributed by atoms with Gasteiger partial charge < -0.3 is 5.32 Å². The Morgan fingerprint density at radius 3 is 2.71 bits per heavy atom. The Balaban J connectivity index is 2.19. The van der Waals surface area contributed by atoms with Crippen molar-refractivity contribution in [2.24, 2.45) is 0 Å². The largest absolute Gasteiger partial charge is 0.331 e. The molecule has 0 fully saturated rings. The summed E-state index contributed by atoms with van der Waals surface area (Å²) in [6, 6.07) is 4.60. The molecule has 1 heterocycles. The van der Waals surface area contributed by atoms with Crippen LogP contribution in [0.25, 0.3) is 0 Å². The Kier molecular flexibility index (Phi) is 3.36. The van der Waals surface area contributed by atoms with Gasteiger partial charge in [0.25, 0.3) is 0 Å². The highest BCUT2D eigenvalue weighted by Crippen LogP contribution is 2.25. The summed E-state index contributed by atoms with van der Waals surface area (Å²) < 4.78 is 1.41. The number of hydrogen-bond acceptors (Lipinski definition) is 2. The number of nitrogens with one attached hydrogen (secondary N) is 1. The van der Waals surface area contributed by atoms with E-state index in [1.54, 1.807) is 37.5 Å². The lowest BCUT2D eigenvalue weighted by Crippen LogP contribution is -2.19. The molecule has 0 bridgehead atoms. The summed E-state index contributed by atoms with van der Waals surface area (Å²) in [6.45, 7) is 1.74. The van der Waals surface area contributed by atoms with E-state index < -0.39 is 0 Å². The minimum atomic E-state index is -0.293. The molecule has 0 spiro atoms. The first-order valence-corrected chi connectivity index (χ1v) is 5.60. The maximum Gasteiger partial charge on any atom is 0.331 e. The summed E-state index contributed by atoms with van der Waals surface area (Å²) >= 11 is 11.6. The van der Waals surface area contributed by atoms with E-state index in [2.05, 4.69) is 10.3 Å². The lowest BCUT2D eigenvalue weighted by atomic mass is 10.3. The molecule has 1 amide bonds. The van der Waals surface area contributed by atoms with Crippen molar-refractivity contribution < 1.29 is 4.79 Å². The van der Waals surface area contributed by atoms with Gasteiger partial charge in [-0.1, -0.05) is 23.2 Å². The Morgan fingerprint density at radius 2 is 2.12 bits per heavy atom. The predicted molar refractivity (Wildman–Crippen MR) is 67.8 cm³/mol. The van der Waals surface area contributed by atoms with Crippen LogP contribution in [0.4, 0.5) is 10.5 Å². The number of nitrogens with zero attached hydrogens (tertiary/aromatic N) is 2. The third-order valence-electron chi connectivity index (χ3n) is 2.22. The average Bonchev–Trinajstić information content (AvgIpc) is 2.70. The highest BCUT2D eigenvalue weighted by atomic mass is 35.5. The van der Waals surface area contributed by atoms with Crippen LogP contribution in [0.1, 0.15) is 5.82 Å². The molecule has 0 aliphatic carbocycles. The molecular formula is C11H9Cl2N3O. The van der Waals surface area contributed by atoms with Crippen LogP contribution < -0.4 is 5.32 Å². The van der Waals surface area contributed by atoms with Crippen LogP contribution in [0.15, 0.2) is 30.6 Å². The molecule has 1 N–H and O–H groups in total. The number of hydrogen-bond donors (Lipinski definition) is 1. The number of rotatable bonds is 1. The van der Waals surface area contributed by atoms with Gasteiger partial charge in [0, 0.05) is 18.1 Å². The van der Waals surface area contributed by atoms with Gasteiger partial charge in [0.1, 0.15) is 5.82 Å². The number of carbonyl (C=O) groups is 1. The van der Waals surface area contributed by atoms with Crippen molar-refractivity contribution in [3.05, 3.63) is 46.5 Å². The van der Waals surface area contributed by atoms with Gasteiger partial charge in [0.15, 0.2) is 0 Å². The summed E-state index contributed by atoms with van der Waals surface area (Å²) in [5.74, 6) is 0.613. The van der Waals surface area contributed by atoms with Crippen LogP contribution >= 0.6 is 23.2 Å². The highest BCUT2D eigenvalue weighted by molar-refractivity contribution is 6.42. The van der Waals surface area contributed by atoms with Gasteiger partial charge >= 0.3 is 6.03 Å². The fraction of sp³-hybridized carbons (Fsp3) is 0.0909. The molecular weight excluding hydrogens is 261 g/mol. The van der Waals surface area contributed by atoms with E-state index in [0.717, 1.165) is 0 Å². The first-order chi connectivity index (χ1) is 8.08. The molecule has 1 aromatic heterocycles. The van der Waals surface area contributed by atoms with Crippen LogP contribution in [-0.4, -0.2) is 15.6 Å². The second-order valence-corrected chi connectivity index (χ2v) is 4.22. The van der Waals surface area contributed by atoms with Crippen LogP contribution in [0, 0.1) is 6.92 Å². The summed E-state index contributed by atoms with van der Waals surface area (Å²) in [6.07, 6.45) is 3.14. The van der Waals surface area contributed by atoms with Crippen LogP contribution in [-0.2, 0) is 0 Å². The second-order valence-electron chi connectivity index (χ2n) is 3.40. The molecule has 17 heavy (non-hydrogen) atoms. The Hall–Kier alpha value is -1.52. The van der Waals surface area contributed by atoms with Crippen molar-refractivity contribution in [1.29, 1.82) is 0 Å². The van der Waals surface area contributed by atoms with Gasteiger partial charge in [-0.05, 0) is 25.1 Å². The van der Waals surface area contributed by atoms with Crippen molar-refractivity contribution in [3.63, 3.8) is 0 Å². The minimum Gasteiger partial charge on any atom is -0.307 e. The Morgan fingerprint density at radius 1 is 1.35 bits per heavy atom. The summed E-state index contributed by atoms with van der Waals surface area (Å²) in [7, 11) is 0. The number of imidazole rings is 1. The smallest absolute Gasteiger partial charge is 0.307 e. The zero-order chi connectivity index (χ0) is 12.4. The topological polar surface area (TPSA) is 46.9 Å². The molecule has 2 rings (SSSR count). The SMILES string of the molecule is Cc1nccn1C(=O)Nc1ccc(Cl)c(Cl)c1. The maximum atomic E-state index is 11.8. The molecule has 6 heteroatoms. The van der Waals surface area contributed by atoms with E-state index in [1.807, 2.05) is 0 Å². The number of aryl methyl sites for hydroxylation is 1. The number of halogens is 2. The third kappa shape index (κ3) is 2.60. The Bertz CT molecular complexity index is 566. The van der Waals surface area contributed by atoms with E-state index in [4.69, 9.17) is 23.2 Å². The molecule has 0 saturated carbocycles. The van der Waals surface area contributed by atoms with Crippen LogP contribution in [0.5, 0.6) is 0 Å². The predicted octanol–water partition coefficient (Wildman–Crippen LogP) is 3.58. The van der Waals surface area contributed by atoms with E-state index >= 15 is 0 Å². The van der Waals surface area contributed by atoms with Gasteiger partial charge in [-0.25, -0.2) is 9.78 Å². The van der Waals surface area contributed by atoms with Gasteiger partial charge in [0.05, 0.1) is 10.0 Å². The second kappa shape index (κ2) is 4.77. The van der Waals surface area contributed by atoms with Crippen LogP contribution in [0.3, 0.4) is 0 Å². The molecule has 0 atom stereocenters. The molecule has 0 aliphatic rings. The lowest BCUT2D eigenvalue weighted by Gasteiger charge is -2.07. The molecule has 0 aliphatic heterocycles. The first kappa shape index (κ1) is 12.0. The van der Waals surface area contributed by atoms with E-state index in [9.17, 15) is 4.79 Å². The van der Waals surface area contributed by atoms with Crippen molar-refractivity contribution >= 4 is 34.9 Å². The van der Waals surface area contributed by atoms with E-state index in [0.29, 0.717) is 21.6 Å². The lowest BCUT2D eigenvalue weighted by molar-refractivity contribution is 0.253. The zero-order valence-electron chi connectivity index (χ0n) is 8.95. The first-order valence-electron chi connectivity index (χ1n) is 4.84. The van der Waals surface area contributed by atoms with Gasteiger partial charge in [-0.15, -0.1) is 0 Å². The molecule has 0 saturated heterocycles. The standard InChI is InChI=1S/C11H9Cl2N3O/c1-7-14-4-5-16(7)11(17)15-8-2-3-9(12)10(13)6-8/h2-6H,1H3,(H,15,17). The quantitative estimate of drug-likeness (QED) is 0.860. The Labute approximate surface area is 108 Å². The monoisotopic (exact) mass is 269 g/mol. The number of anilines is 1. The highest BCUT2D eigenvalue weighted by Gasteiger charge is 2.08. The maximum absolute atomic E-state index is 11.8. The summed E-state index contributed by atoms with van der Waals surface area (Å²) in [5, 5.41) is 3.54. The minimum absolute atomic E-state index is 0.293. The molecule has 0 unspecified atom stereocenters. The van der Waals surface area contributed by atoms with Gasteiger partial charge in [-0.3, -0.25) is 4.57 Å². The van der Waals surface area contributed by atoms with Crippen molar-refractivity contribution in [2.75, 3.05) is 5.32 Å². The fourth-order valence-electron chi connectivity index (χ4n) is 1.35. The number of aromatic nitrogens is 2. The zero-order valence-corrected chi connectivity index (χ0v) is 10.5. The number of amides is 1. The van der Waals surface area contributed by atoms with Crippen LogP contribution in [0.2, 0.25) is 10.0 Å². The van der Waals surface area contributed by atoms with Gasteiger partial charge in [-0.2, -0.15) is 0 Å². The third-order valence-corrected chi connectivity index (χ3v) is 2.95. The normalized spacial score (nSPS) is 10.3. The molecule has 4 nitrogen and oxygen atoms in total. The van der Waals surface area contributed by atoms with Crippen molar-refractivity contribution in [1.82, 2.24) is 9.55 Å². The van der Waals surface area contributed by atoms with E-state index in [-0.39, 0.29) is 6.03 Å². The fourth-order valence-corrected chi connectivity index (χ4v) is 1.65. The number of benzene rings is 1. The average molecular weight is 270 g/mol. The van der Waals surface area contributed by atoms with E-state index in [1.165, 1.54) is 4.57 Å². The molecule has 2 aromatic rings. The van der Waals surface area contributed by atoms with Gasteiger partial charge in [0.2, 0.25) is 0 Å². The molecule has 1 aromatic carbocycles. The molecule has 0 radical (unpaired) electrons. The van der Waals surface area contributed by atoms with Crippen molar-refractivity contribution in [3.8, 4) is 0 Å².